The van der Waals surface area contributed by atoms with E-state index in [1.807, 2.05) is 0 Å². The van der Waals surface area contributed by atoms with Crippen molar-refractivity contribution < 1.29 is 19.4 Å². The van der Waals surface area contributed by atoms with Crippen LogP contribution in [-0.2, 0) is 11.2 Å². The number of ether oxygens (including phenoxy) is 1. The molecule has 0 atom stereocenters. The largest absolute Gasteiger partial charge is 0.478 e. The van der Waals surface area contributed by atoms with Gasteiger partial charge in [0.05, 0.1) is 5.56 Å². The maximum absolute atomic E-state index is 11.4. The predicted molar refractivity (Wildman–Crippen MR) is 71.3 cm³/mol. The van der Waals surface area contributed by atoms with Gasteiger partial charge in [0.25, 0.3) is 0 Å². The van der Waals surface area contributed by atoms with Crippen molar-refractivity contribution in [2.45, 2.75) is 32.8 Å². The minimum absolute atomic E-state index is 0.258. The quantitative estimate of drug-likeness (QED) is 0.876. The highest BCUT2D eigenvalue weighted by atomic mass is 16.6. The summed E-state index contributed by atoms with van der Waals surface area (Å²) >= 11 is 0. The van der Waals surface area contributed by atoms with Gasteiger partial charge in [0.1, 0.15) is 5.60 Å². The summed E-state index contributed by atoms with van der Waals surface area (Å²) in [6.45, 7) is 5.68. The van der Waals surface area contributed by atoms with Gasteiger partial charge in [-0.05, 0) is 38.8 Å². The average Bonchev–Trinajstić information content (AvgIpc) is 2.27. The zero-order valence-corrected chi connectivity index (χ0v) is 11.4. The third-order valence-electron chi connectivity index (χ3n) is 2.31. The smallest absolute Gasteiger partial charge is 0.407 e. The first-order valence-electron chi connectivity index (χ1n) is 6.07. The molecule has 0 aromatic heterocycles. The van der Waals surface area contributed by atoms with Crippen LogP contribution < -0.4 is 5.32 Å². The first kappa shape index (κ1) is 15.0. The maximum Gasteiger partial charge on any atom is 0.407 e. The molecular formula is C14H19NO4. The van der Waals surface area contributed by atoms with E-state index >= 15 is 0 Å². The molecule has 1 aromatic carbocycles. The van der Waals surface area contributed by atoms with Crippen LogP contribution in [0, 0.1) is 0 Å². The lowest BCUT2D eigenvalue weighted by molar-refractivity contribution is 0.0528. The van der Waals surface area contributed by atoms with E-state index in [-0.39, 0.29) is 5.56 Å². The Morgan fingerprint density at radius 1 is 1.26 bits per heavy atom. The number of hydrogen-bond acceptors (Lipinski definition) is 3. The number of aromatic carboxylic acids is 1. The second kappa shape index (κ2) is 6.22. The Morgan fingerprint density at radius 3 is 2.47 bits per heavy atom. The van der Waals surface area contributed by atoms with Gasteiger partial charge in [-0.3, -0.25) is 0 Å². The molecular weight excluding hydrogens is 246 g/mol. The number of carbonyl (C=O) groups is 2. The van der Waals surface area contributed by atoms with E-state index in [0.29, 0.717) is 18.5 Å². The molecule has 0 aliphatic heterocycles. The molecule has 2 N–H and O–H groups in total. The fourth-order valence-corrected chi connectivity index (χ4v) is 1.56. The van der Waals surface area contributed by atoms with Gasteiger partial charge in [-0.2, -0.15) is 0 Å². The lowest BCUT2D eigenvalue weighted by Gasteiger charge is -2.19. The first-order chi connectivity index (χ1) is 8.79. The topological polar surface area (TPSA) is 75.6 Å². The van der Waals surface area contributed by atoms with Gasteiger partial charge in [0.15, 0.2) is 0 Å². The monoisotopic (exact) mass is 265 g/mol. The Kier molecular flexibility index (Phi) is 4.92. The summed E-state index contributed by atoms with van der Waals surface area (Å²) in [4.78, 5) is 22.4. The number of rotatable bonds is 4. The van der Waals surface area contributed by atoms with Gasteiger partial charge < -0.3 is 15.2 Å². The fraction of sp³-hybridized carbons (Fsp3) is 0.429. The molecule has 104 valence electrons. The number of carbonyl (C=O) groups excluding carboxylic acids is 1. The van der Waals surface area contributed by atoms with Crippen LogP contribution in [0.25, 0.3) is 0 Å². The molecule has 0 aliphatic rings. The molecule has 0 spiro atoms. The summed E-state index contributed by atoms with van der Waals surface area (Å²) in [5.41, 5.74) is 0.405. The van der Waals surface area contributed by atoms with Crippen molar-refractivity contribution in [1.29, 1.82) is 0 Å². The van der Waals surface area contributed by atoms with Crippen molar-refractivity contribution in [2.75, 3.05) is 6.54 Å². The third-order valence-corrected chi connectivity index (χ3v) is 2.31. The number of nitrogens with one attached hydrogen (secondary N) is 1. The summed E-state index contributed by atoms with van der Waals surface area (Å²) in [5.74, 6) is -0.965. The minimum Gasteiger partial charge on any atom is -0.478 e. The number of benzene rings is 1. The summed E-state index contributed by atoms with van der Waals surface area (Å²) in [6.07, 6.45) is -0.0536. The van der Waals surface area contributed by atoms with Crippen LogP contribution in [0.5, 0.6) is 0 Å². The van der Waals surface area contributed by atoms with Crippen LogP contribution in [0.4, 0.5) is 4.79 Å². The Hall–Kier alpha value is -2.04. The summed E-state index contributed by atoms with van der Waals surface area (Å²) in [5, 5.41) is 11.6. The van der Waals surface area contributed by atoms with E-state index in [1.54, 1.807) is 45.0 Å². The van der Waals surface area contributed by atoms with E-state index in [4.69, 9.17) is 9.84 Å². The predicted octanol–water partition coefficient (Wildman–Crippen LogP) is 2.45. The molecule has 0 heterocycles. The van der Waals surface area contributed by atoms with E-state index in [2.05, 4.69) is 5.32 Å². The molecule has 0 saturated heterocycles. The van der Waals surface area contributed by atoms with Gasteiger partial charge in [-0.1, -0.05) is 18.2 Å². The second-order valence-electron chi connectivity index (χ2n) is 5.14. The van der Waals surface area contributed by atoms with E-state index in [1.165, 1.54) is 0 Å². The molecule has 0 saturated carbocycles. The SMILES string of the molecule is CC(C)(C)OC(=O)NCCc1ccccc1C(=O)O. The third kappa shape index (κ3) is 5.42. The van der Waals surface area contributed by atoms with Crippen LogP contribution in [0.2, 0.25) is 0 Å². The number of alkyl carbamates (subject to hydrolysis) is 1. The van der Waals surface area contributed by atoms with Crippen molar-refractivity contribution in [2.24, 2.45) is 0 Å². The van der Waals surface area contributed by atoms with Gasteiger partial charge in [0, 0.05) is 6.54 Å². The van der Waals surface area contributed by atoms with Gasteiger partial charge in [-0.25, -0.2) is 9.59 Å². The van der Waals surface area contributed by atoms with Crippen LogP contribution in [0.3, 0.4) is 0 Å². The zero-order valence-electron chi connectivity index (χ0n) is 11.4. The molecule has 5 nitrogen and oxygen atoms in total. The summed E-state index contributed by atoms with van der Waals surface area (Å²) < 4.78 is 5.09. The fourth-order valence-electron chi connectivity index (χ4n) is 1.56. The highest BCUT2D eigenvalue weighted by molar-refractivity contribution is 5.89. The van der Waals surface area contributed by atoms with Crippen molar-refractivity contribution >= 4 is 12.1 Å². The van der Waals surface area contributed by atoms with Crippen molar-refractivity contribution in [3.05, 3.63) is 35.4 Å². The van der Waals surface area contributed by atoms with Crippen LogP contribution in [0.15, 0.2) is 24.3 Å². The maximum atomic E-state index is 11.4. The van der Waals surface area contributed by atoms with Crippen molar-refractivity contribution in [3.8, 4) is 0 Å². The highest BCUT2D eigenvalue weighted by Crippen LogP contribution is 2.09. The van der Waals surface area contributed by atoms with E-state index < -0.39 is 17.7 Å². The normalized spacial score (nSPS) is 10.9. The van der Waals surface area contributed by atoms with Crippen LogP contribution >= 0.6 is 0 Å². The molecule has 1 amide bonds. The molecule has 0 radical (unpaired) electrons. The highest BCUT2D eigenvalue weighted by Gasteiger charge is 2.16. The number of hydrogen-bond donors (Lipinski definition) is 2. The summed E-state index contributed by atoms with van der Waals surface area (Å²) in [6, 6.07) is 6.73. The molecule has 0 aliphatic carbocycles. The van der Waals surface area contributed by atoms with Gasteiger partial charge in [0.2, 0.25) is 0 Å². The first-order valence-corrected chi connectivity index (χ1v) is 6.07. The Balaban J connectivity index is 2.50. The number of amides is 1. The van der Waals surface area contributed by atoms with Crippen molar-refractivity contribution in [1.82, 2.24) is 5.32 Å². The molecule has 0 bridgehead atoms. The lowest BCUT2D eigenvalue weighted by Crippen LogP contribution is -2.33. The Morgan fingerprint density at radius 2 is 1.89 bits per heavy atom. The molecule has 5 heteroatoms. The summed E-state index contributed by atoms with van der Waals surface area (Å²) in [7, 11) is 0. The van der Waals surface area contributed by atoms with E-state index in [0.717, 1.165) is 0 Å². The van der Waals surface area contributed by atoms with Gasteiger partial charge in [-0.15, -0.1) is 0 Å². The number of carboxylic acid groups (broad SMARTS) is 1. The average molecular weight is 265 g/mol. The second-order valence-corrected chi connectivity index (χ2v) is 5.14. The standard InChI is InChI=1S/C14H19NO4/c1-14(2,3)19-13(18)15-9-8-10-6-4-5-7-11(10)12(16)17/h4-7H,8-9H2,1-3H3,(H,15,18)(H,16,17). The molecule has 0 unspecified atom stereocenters. The molecule has 0 fully saturated rings. The molecule has 1 rings (SSSR count). The van der Waals surface area contributed by atoms with Crippen LogP contribution in [0.1, 0.15) is 36.7 Å². The Bertz CT molecular complexity index is 463. The van der Waals surface area contributed by atoms with Crippen LogP contribution in [-0.4, -0.2) is 29.3 Å². The zero-order chi connectivity index (χ0) is 14.5. The number of carboxylic acids is 1. The minimum atomic E-state index is -0.965. The Labute approximate surface area is 112 Å². The molecule has 1 aromatic rings. The van der Waals surface area contributed by atoms with E-state index in [9.17, 15) is 9.59 Å². The van der Waals surface area contributed by atoms with Crippen molar-refractivity contribution in [3.63, 3.8) is 0 Å². The van der Waals surface area contributed by atoms with Gasteiger partial charge >= 0.3 is 12.1 Å². The molecule has 19 heavy (non-hydrogen) atoms. The lowest BCUT2D eigenvalue weighted by atomic mass is 10.0.